The van der Waals surface area contributed by atoms with E-state index in [-0.39, 0.29) is 22.6 Å². The Morgan fingerprint density at radius 1 is 1.36 bits per heavy atom. The van der Waals surface area contributed by atoms with Crippen LogP contribution in [0.2, 0.25) is 0 Å². The number of nitrogens with two attached hydrogens (primary N) is 1. The standard InChI is InChI=1S/C18H13N5O5/c19-8-11(17-21-13-3-1-2-4-14(13)22-17)16(24)9-28-18(25)10-5-6-12(20)15(7-10)23(26)27/h1-7,24H,9,20H2,(H,21,22)/b16-11-. The van der Waals surface area contributed by atoms with Gasteiger partial charge in [0.05, 0.1) is 21.5 Å². The Hall–Kier alpha value is -4.39. The molecule has 0 unspecified atom stereocenters. The van der Waals surface area contributed by atoms with E-state index >= 15 is 0 Å². The van der Waals surface area contributed by atoms with Gasteiger partial charge in [-0.25, -0.2) is 9.78 Å². The fraction of sp³-hybridized carbons (Fsp3) is 0.0556. The van der Waals surface area contributed by atoms with E-state index < -0.39 is 28.9 Å². The molecule has 140 valence electrons. The fourth-order valence-corrected chi connectivity index (χ4v) is 2.44. The number of H-pyrrole nitrogens is 1. The number of hydrogen-bond donors (Lipinski definition) is 3. The summed E-state index contributed by atoms with van der Waals surface area (Å²) < 4.78 is 4.94. The molecule has 0 bridgehead atoms. The first-order valence-corrected chi connectivity index (χ1v) is 7.89. The quantitative estimate of drug-likeness (QED) is 0.152. The molecular formula is C18H13N5O5. The summed E-state index contributed by atoms with van der Waals surface area (Å²) in [6.45, 7) is -0.614. The normalized spacial score (nSPS) is 11.5. The average molecular weight is 379 g/mol. The molecule has 3 aromatic rings. The molecule has 4 N–H and O–H groups in total. The fourth-order valence-electron chi connectivity index (χ4n) is 2.44. The number of hydrogen-bond acceptors (Lipinski definition) is 8. The van der Waals surface area contributed by atoms with Crippen LogP contribution in [0.15, 0.2) is 48.2 Å². The molecular weight excluding hydrogens is 366 g/mol. The molecule has 0 aliphatic carbocycles. The predicted octanol–water partition coefficient (Wildman–Crippen LogP) is 2.70. The van der Waals surface area contributed by atoms with E-state index in [0.29, 0.717) is 11.0 Å². The van der Waals surface area contributed by atoms with Crippen LogP contribution in [0.1, 0.15) is 16.2 Å². The Bertz CT molecular complexity index is 1130. The van der Waals surface area contributed by atoms with Crippen LogP contribution in [0.25, 0.3) is 16.6 Å². The molecule has 0 amide bonds. The van der Waals surface area contributed by atoms with Crippen LogP contribution < -0.4 is 5.73 Å². The number of nitro benzene ring substituents is 1. The predicted molar refractivity (Wildman–Crippen MR) is 99.0 cm³/mol. The molecule has 1 heterocycles. The van der Waals surface area contributed by atoms with Gasteiger partial charge in [-0.2, -0.15) is 5.26 Å². The van der Waals surface area contributed by atoms with Crippen LogP contribution in [0.3, 0.4) is 0 Å². The number of ether oxygens (including phenoxy) is 1. The van der Waals surface area contributed by atoms with Crippen molar-refractivity contribution in [1.29, 1.82) is 5.26 Å². The van der Waals surface area contributed by atoms with E-state index in [1.54, 1.807) is 24.3 Å². The van der Waals surface area contributed by atoms with Gasteiger partial charge in [0.15, 0.2) is 11.6 Å². The monoisotopic (exact) mass is 379 g/mol. The van der Waals surface area contributed by atoms with Gasteiger partial charge in [0, 0.05) is 6.07 Å². The van der Waals surface area contributed by atoms with Crippen LogP contribution >= 0.6 is 0 Å². The lowest BCUT2D eigenvalue weighted by Crippen LogP contribution is -2.10. The van der Waals surface area contributed by atoms with Gasteiger partial charge in [0.1, 0.15) is 23.9 Å². The molecule has 28 heavy (non-hydrogen) atoms. The molecule has 0 spiro atoms. The Morgan fingerprint density at radius 3 is 2.79 bits per heavy atom. The second-order valence-corrected chi connectivity index (χ2v) is 5.64. The van der Waals surface area contributed by atoms with Crippen molar-refractivity contribution in [3.63, 3.8) is 0 Å². The van der Waals surface area contributed by atoms with E-state index in [1.807, 2.05) is 6.07 Å². The lowest BCUT2D eigenvalue weighted by molar-refractivity contribution is -0.383. The summed E-state index contributed by atoms with van der Waals surface area (Å²) >= 11 is 0. The van der Waals surface area contributed by atoms with Crippen LogP contribution in [0.5, 0.6) is 0 Å². The first kappa shape index (κ1) is 18.4. The maximum absolute atomic E-state index is 12.1. The number of nitriles is 1. The minimum absolute atomic E-state index is 0.0963. The number of aliphatic hydroxyl groups is 1. The Labute approximate surface area is 157 Å². The van der Waals surface area contributed by atoms with E-state index in [1.165, 1.54) is 12.1 Å². The number of nitrogen functional groups attached to an aromatic ring is 1. The number of nitrogens with one attached hydrogen (secondary N) is 1. The highest BCUT2D eigenvalue weighted by atomic mass is 16.6. The average Bonchev–Trinajstić information content (AvgIpc) is 3.10. The smallest absolute Gasteiger partial charge is 0.338 e. The number of carbonyl (C=O) groups is 1. The molecule has 0 aliphatic heterocycles. The number of nitrogens with zero attached hydrogens (tertiary/aromatic N) is 3. The number of aromatic nitrogens is 2. The van der Waals surface area contributed by atoms with Crippen LogP contribution in [0.4, 0.5) is 11.4 Å². The largest absolute Gasteiger partial charge is 0.507 e. The molecule has 10 nitrogen and oxygen atoms in total. The van der Waals surface area contributed by atoms with Crippen molar-refractivity contribution in [3.05, 3.63) is 69.7 Å². The summed E-state index contributed by atoms with van der Waals surface area (Å²) in [6.07, 6.45) is 0. The number of esters is 1. The van der Waals surface area contributed by atoms with Gasteiger partial charge in [0.25, 0.3) is 5.69 Å². The van der Waals surface area contributed by atoms with Gasteiger partial charge in [-0.15, -0.1) is 0 Å². The van der Waals surface area contributed by atoms with Gasteiger partial charge in [-0.1, -0.05) is 12.1 Å². The molecule has 0 radical (unpaired) electrons. The summed E-state index contributed by atoms with van der Waals surface area (Å²) in [7, 11) is 0. The number of rotatable bonds is 5. The van der Waals surface area contributed by atoms with E-state index in [0.717, 1.165) is 6.07 Å². The number of aliphatic hydroxyl groups excluding tert-OH is 1. The number of allylic oxidation sites excluding steroid dienone is 1. The number of para-hydroxylation sites is 2. The summed E-state index contributed by atoms with van der Waals surface area (Å²) in [5.74, 6) is -1.31. The highest BCUT2D eigenvalue weighted by molar-refractivity contribution is 5.91. The number of nitro groups is 1. The summed E-state index contributed by atoms with van der Waals surface area (Å²) in [5, 5.41) is 30.4. The number of carbonyl (C=O) groups excluding carboxylic acids is 1. The zero-order chi connectivity index (χ0) is 20.3. The Balaban J connectivity index is 1.80. The molecule has 0 saturated carbocycles. The van der Waals surface area contributed by atoms with Gasteiger partial charge < -0.3 is 20.6 Å². The van der Waals surface area contributed by atoms with Gasteiger partial charge in [-0.3, -0.25) is 10.1 Å². The molecule has 0 saturated heterocycles. The third-order valence-corrected chi connectivity index (χ3v) is 3.83. The maximum atomic E-state index is 12.1. The summed E-state index contributed by atoms with van der Waals surface area (Å²) in [6, 6.07) is 12.3. The van der Waals surface area contributed by atoms with Crippen LogP contribution in [0, 0.1) is 21.4 Å². The second kappa shape index (κ2) is 7.46. The van der Waals surface area contributed by atoms with Gasteiger partial charge >= 0.3 is 5.97 Å². The SMILES string of the molecule is N#C/C(=C(/O)COC(=O)c1ccc(N)c([N+](=O)[O-])c1)c1nc2ccccc2[nH]1. The van der Waals surface area contributed by atoms with Crippen LogP contribution in [-0.2, 0) is 4.74 Å². The van der Waals surface area contributed by atoms with E-state index in [2.05, 4.69) is 9.97 Å². The third kappa shape index (κ3) is 3.58. The minimum atomic E-state index is -0.920. The topological polar surface area (TPSA) is 168 Å². The second-order valence-electron chi connectivity index (χ2n) is 5.64. The molecule has 1 aromatic heterocycles. The van der Waals surface area contributed by atoms with Crippen molar-refractivity contribution in [2.75, 3.05) is 12.3 Å². The number of fused-ring (bicyclic) bond motifs is 1. The zero-order valence-electron chi connectivity index (χ0n) is 14.2. The lowest BCUT2D eigenvalue weighted by atomic mass is 10.2. The van der Waals surface area contributed by atoms with Crippen molar-refractivity contribution in [2.45, 2.75) is 0 Å². The van der Waals surface area contributed by atoms with Gasteiger partial charge in [0.2, 0.25) is 0 Å². The molecule has 0 aliphatic rings. The molecule has 3 rings (SSSR count). The Kier molecular flexibility index (Phi) is 4.91. The van der Waals surface area contributed by atoms with Crippen molar-refractivity contribution >= 4 is 34.0 Å². The number of benzene rings is 2. The number of aromatic amines is 1. The zero-order valence-corrected chi connectivity index (χ0v) is 14.2. The number of imidazole rings is 1. The number of anilines is 1. The van der Waals surface area contributed by atoms with Crippen molar-refractivity contribution in [3.8, 4) is 6.07 Å². The first-order chi connectivity index (χ1) is 13.4. The third-order valence-electron chi connectivity index (χ3n) is 3.83. The first-order valence-electron chi connectivity index (χ1n) is 7.89. The molecule has 0 fully saturated rings. The lowest BCUT2D eigenvalue weighted by Gasteiger charge is -2.06. The summed E-state index contributed by atoms with van der Waals surface area (Å²) in [5.41, 5.74) is 5.92. The van der Waals surface area contributed by atoms with E-state index in [4.69, 9.17) is 10.5 Å². The minimum Gasteiger partial charge on any atom is -0.507 e. The molecule has 2 aromatic carbocycles. The molecule has 10 heteroatoms. The van der Waals surface area contributed by atoms with Crippen LogP contribution in [-0.4, -0.2) is 32.6 Å². The summed E-state index contributed by atoms with van der Waals surface area (Å²) in [4.78, 5) is 29.4. The van der Waals surface area contributed by atoms with Crippen molar-refractivity contribution in [2.24, 2.45) is 0 Å². The molecule has 0 atom stereocenters. The Morgan fingerprint density at radius 2 is 2.11 bits per heavy atom. The van der Waals surface area contributed by atoms with Crippen molar-refractivity contribution < 1.29 is 19.6 Å². The maximum Gasteiger partial charge on any atom is 0.338 e. The highest BCUT2D eigenvalue weighted by Gasteiger charge is 2.18. The van der Waals surface area contributed by atoms with Crippen molar-refractivity contribution in [1.82, 2.24) is 9.97 Å². The van der Waals surface area contributed by atoms with E-state index in [9.17, 15) is 25.3 Å². The highest BCUT2D eigenvalue weighted by Crippen LogP contribution is 2.23. The van der Waals surface area contributed by atoms with Gasteiger partial charge in [-0.05, 0) is 24.3 Å².